The van der Waals surface area contributed by atoms with Crippen LogP contribution in [0.5, 0.6) is 5.75 Å². The zero-order chi connectivity index (χ0) is 11.4. The molecule has 4 nitrogen and oxygen atoms in total. The Bertz CT molecular complexity index is 420. The molecular weight excluding hydrogens is 194 g/mol. The number of nitrogens with two attached hydrogens (primary N) is 1. The van der Waals surface area contributed by atoms with Crippen molar-refractivity contribution in [3.63, 3.8) is 0 Å². The molecule has 1 rings (SSSR count). The van der Waals surface area contributed by atoms with Crippen molar-refractivity contribution in [3.05, 3.63) is 29.3 Å². The molecule has 4 heteroatoms. The van der Waals surface area contributed by atoms with Crippen molar-refractivity contribution in [1.29, 1.82) is 0 Å². The van der Waals surface area contributed by atoms with Gasteiger partial charge in [-0.1, -0.05) is 12.0 Å². The van der Waals surface area contributed by atoms with Gasteiger partial charge in [0.05, 0.1) is 5.56 Å². The summed E-state index contributed by atoms with van der Waals surface area (Å²) in [6.45, 7) is 0. The van der Waals surface area contributed by atoms with Gasteiger partial charge >= 0.3 is 5.97 Å². The number of phenols is 1. The van der Waals surface area contributed by atoms with Gasteiger partial charge in [0.15, 0.2) is 0 Å². The minimum atomic E-state index is -1.06. The van der Waals surface area contributed by atoms with Crippen LogP contribution in [0.15, 0.2) is 18.2 Å². The van der Waals surface area contributed by atoms with E-state index in [1.807, 2.05) is 0 Å². The molecule has 1 atom stereocenters. The third kappa shape index (κ3) is 2.73. The lowest BCUT2D eigenvalue weighted by molar-refractivity contribution is -0.138. The second-order valence-corrected chi connectivity index (χ2v) is 3.14. The molecule has 78 valence electrons. The first kappa shape index (κ1) is 11.1. The van der Waals surface area contributed by atoms with E-state index in [1.54, 1.807) is 12.1 Å². The number of carbonyl (C=O) groups is 1. The average molecular weight is 205 g/mol. The van der Waals surface area contributed by atoms with Crippen LogP contribution in [-0.2, 0) is 11.2 Å². The predicted octanol–water partition coefficient (Wildman–Crippen LogP) is 0.328. The van der Waals surface area contributed by atoms with Gasteiger partial charge in [0.1, 0.15) is 11.8 Å². The Hall–Kier alpha value is -1.99. The molecule has 0 unspecified atom stereocenters. The lowest BCUT2D eigenvalue weighted by atomic mass is 10.0. The summed E-state index contributed by atoms with van der Waals surface area (Å²) in [6, 6.07) is 3.62. The predicted molar refractivity (Wildman–Crippen MR) is 55.4 cm³/mol. The standard InChI is InChI=1S/C11H11NO3/c1-2-8-5-7(3-4-10(8)13)6-9(12)11(14)15/h1,3-5,9,13H,6,12H2,(H,14,15)/t9-/m0/s1. The van der Waals surface area contributed by atoms with E-state index in [0.29, 0.717) is 11.1 Å². The maximum Gasteiger partial charge on any atom is 0.320 e. The zero-order valence-corrected chi connectivity index (χ0v) is 7.97. The first-order valence-electron chi connectivity index (χ1n) is 4.31. The molecule has 0 saturated carbocycles. The molecule has 1 aromatic rings. The van der Waals surface area contributed by atoms with Crippen molar-refractivity contribution in [2.75, 3.05) is 0 Å². The Labute approximate surface area is 87.3 Å². The molecule has 0 aliphatic heterocycles. The van der Waals surface area contributed by atoms with Crippen LogP contribution in [0.4, 0.5) is 0 Å². The van der Waals surface area contributed by atoms with E-state index in [2.05, 4.69) is 5.92 Å². The van der Waals surface area contributed by atoms with Gasteiger partial charge in [-0.15, -0.1) is 6.42 Å². The Morgan fingerprint density at radius 1 is 1.60 bits per heavy atom. The van der Waals surface area contributed by atoms with E-state index < -0.39 is 12.0 Å². The van der Waals surface area contributed by atoms with Gasteiger partial charge in [0, 0.05) is 0 Å². The first-order valence-corrected chi connectivity index (χ1v) is 4.31. The van der Waals surface area contributed by atoms with Crippen molar-refractivity contribution in [1.82, 2.24) is 0 Å². The molecule has 0 radical (unpaired) electrons. The molecule has 0 aliphatic carbocycles. The number of aromatic hydroxyl groups is 1. The lowest BCUT2D eigenvalue weighted by Gasteiger charge is -2.07. The van der Waals surface area contributed by atoms with Gasteiger partial charge in [-0.05, 0) is 24.1 Å². The van der Waals surface area contributed by atoms with Crippen LogP contribution in [0, 0.1) is 12.3 Å². The second kappa shape index (κ2) is 4.49. The third-order valence-corrected chi connectivity index (χ3v) is 1.99. The summed E-state index contributed by atoms with van der Waals surface area (Å²) in [6.07, 6.45) is 5.34. The van der Waals surface area contributed by atoms with Gasteiger partial charge < -0.3 is 15.9 Å². The van der Waals surface area contributed by atoms with Crippen molar-refractivity contribution < 1.29 is 15.0 Å². The molecule has 0 heterocycles. The summed E-state index contributed by atoms with van der Waals surface area (Å²) in [5.41, 5.74) is 6.39. The van der Waals surface area contributed by atoms with Crippen molar-refractivity contribution in [2.45, 2.75) is 12.5 Å². The van der Waals surface area contributed by atoms with Crippen molar-refractivity contribution >= 4 is 5.97 Å². The third-order valence-electron chi connectivity index (χ3n) is 1.99. The Morgan fingerprint density at radius 2 is 2.27 bits per heavy atom. The van der Waals surface area contributed by atoms with E-state index in [1.165, 1.54) is 6.07 Å². The van der Waals surface area contributed by atoms with E-state index in [9.17, 15) is 9.90 Å². The van der Waals surface area contributed by atoms with Crippen LogP contribution < -0.4 is 5.73 Å². The second-order valence-electron chi connectivity index (χ2n) is 3.14. The number of rotatable bonds is 3. The number of hydrogen-bond donors (Lipinski definition) is 3. The molecule has 4 N–H and O–H groups in total. The summed E-state index contributed by atoms with van der Waals surface area (Å²) >= 11 is 0. The lowest BCUT2D eigenvalue weighted by Crippen LogP contribution is -2.32. The number of aliphatic carboxylic acids is 1. The van der Waals surface area contributed by atoms with Gasteiger partial charge in [0.2, 0.25) is 0 Å². The SMILES string of the molecule is C#Cc1cc(C[C@H](N)C(=O)O)ccc1O. The molecule has 1 aromatic carbocycles. The van der Waals surface area contributed by atoms with Crippen LogP contribution in [0.2, 0.25) is 0 Å². The smallest absolute Gasteiger partial charge is 0.320 e. The average Bonchev–Trinajstić information content (AvgIpc) is 2.20. The first-order chi connectivity index (χ1) is 7.04. The number of phenolic OH excluding ortho intramolecular Hbond substituents is 1. The Kier molecular flexibility index (Phi) is 3.32. The fraction of sp³-hybridized carbons (Fsp3) is 0.182. The van der Waals surface area contributed by atoms with E-state index >= 15 is 0 Å². The molecule has 15 heavy (non-hydrogen) atoms. The summed E-state index contributed by atoms with van der Waals surface area (Å²) in [7, 11) is 0. The maximum absolute atomic E-state index is 10.5. The fourth-order valence-corrected chi connectivity index (χ4v) is 1.17. The number of terminal acetylenes is 1. The number of hydrogen-bond acceptors (Lipinski definition) is 3. The maximum atomic E-state index is 10.5. The van der Waals surface area contributed by atoms with E-state index in [-0.39, 0.29) is 12.2 Å². The highest BCUT2D eigenvalue weighted by Gasteiger charge is 2.12. The highest BCUT2D eigenvalue weighted by atomic mass is 16.4. The number of carboxylic acids is 1. The molecule has 0 aromatic heterocycles. The van der Waals surface area contributed by atoms with Gasteiger partial charge in [-0.3, -0.25) is 4.79 Å². The van der Waals surface area contributed by atoms with Crippen molar-refractivity contribution in [2.24, 2.45) is 5.73 Å². The Balaban J connectivity index is 2.89. The molecule has 0 amide bonds. The topological polar surface area (TPSA) is 83.6 Å². The molecule has 0 fully saturated rings. The Morgan fingerprint density at radius 3 is 2.80 bits per heavy atom. The molecular formula is C11H11NO3. The van der Waals surface area contributed by atoms with Gasteiger partial charge in [0.25, 0.3) is 0 Å². The van der Waals surface area contributed by atoms with Crippen LogP contribution >= 0.6 is 0 Å². The van der Waals surface area contributed by atoms with Crippen LogP contribution in [0.1, 0.15) is 11.1 Å². The zero-order valence-electron chi connectivity index (χ0n) is 7.97. The highest BCUT2D eigenvalue weighted by molar-refractivity contribution is 5.73. The van der Waals surface area contributed by atoms with E-state index in [0.717, 1.165) is 0 Å². The fourth-order valence-electron chi connectivity index (χ4n) is 1.17. The minimum Gasteiger partial charge on any atom is -0.507 e. The molecule has 0 aliphatic rings. The normalized spacial score (nSPS) is 11.7. The quantitative estimate of drug-likeness (QED) is 0.621. The summed E-state index contributed by atoms with van der Waals surface area (Å²) in [5.74, 6) is 1.24. The molecule has 0 spiro atoms. The van der Waals surface area contributed by atoms with Gasteiger partial charge in [-0.25, -0.2) is 0 Å². The highest BCUT2D eigenvalue weighted by Crippen LogP contribution is 2.17. The number of carboxylic acid groups (broad SMARTS) is 1. The summed E-state index contributed by atoms with van der Waals surface area (Å²) < 4.78 is 0. The summed E-state index contributed by atoms with van der Waals surface area (Å²) in [5, 5.41) is 17.9. The molecule has 0 saturated heterocycles. The number of benzene rings is 1. The van der Waals surface area contributed by atoms with E-state index in [4.69, 9.17) is 17.3 Å². The molecule has 0 bridgehead atoms. The van der Waals surface area contributed by atoms with Gasteiger partial charge in [-0.2, -0.15) is 0 Å². The van der Waals surface area contributed by atoms with Crippen molar-refractivity contribution in [3.8, 4) is 18.1 Å². The largest absolute Gasteiger partial charge is 0.507 e. The summed E-state index contributed by atoms with van der Waals surface area (Å²) in [4.78, 5) is 10.5. The van der Waals surface area contributed by atoms with Crippen LogP contribution in [0.3, 0.4) is 0 Å². The van der Waals surface area contributed by atoms with Crippen LogP contribution in [0.25, 0.3) is 0 Å². The van der Waals surface area contributed by atoms with Crippen LogP contribution in [-0.4, -0.2) is 22.2 Å². The monoisotopic (exact) mass is 205 g/mol. The minimum absolute atomic E-state index is 0.00477.